The third kappa shape index (κ3) is 29.8. The van der Waals surface area contributed by atoms with Crippen molar-refractivity contribution >= 4 is 19.8 Å². The van der Waals surface area contributed by atoms with Gasteiger partial charge in [0.2, 0.25) is 0 Å². The van der Waals surface area contributed by atoms with E-state index in [0.717, 1.165) is 51.4 Å². The molecule has 0 aromatic rings. The number of phosphoric acid groups is 1. The Morgan fingerprint density at radius 1 is 0.705 bits per heavy atom. The molecular formula is C34H58NO8P. The second kappa shape index (κ2) is 30.7. The summed E-state index contributed by atoms with van der Waals surface area (Å²) in [5.74, 6) is -0.990. The zero-order valence-electron chi connectivity index (χ0n) is 27.1. The fraction of sp³-hybridized carbons (Fsp3) is 0.647. The number of phosphoric ester groups is 1. The summed E-state index contributed by atoms with van der Waals surface area (Å²) in [5, 5.41) is 0. The average Bonchev–Trinajstić information content (AvgIpc) is 3.00. The molecule has 0 aromatic heterocycles. The minimum atomic E-state index is -4.39. The Balaban J connectivity index is 4.49. The van der Waals surface area contributed by atoms with Gasteiger partial charge in [0.1, 0.15) is 6.61 Å². The van der Waals surface area contributed by atoms with Crippen molar-refractivity contribution in [2.24, 2.45) is 5.73 Å². The van der Waals surface area contributed by atoms with Crippen LogP contribution in [-0.4, -0.2) is 49.3 Å². The Morgan fingerprint density at radius 3 is 1.77 bits per heavy atom. The number of esters is 2. The maximum Gasteiger partial charge on any atom is 0.472 e. The van der Waals surface area contributed by atoms with Gasteiger partial charge in [-0.05, 0) is 38.5 Å². The van der Waals surface area contributed by atoms with Crippen LogP contribution in [0, 0.1) is 0 Å². The van der Waals surface area contributed by atoms with Crippen LogP contribution >= 0.6 is 7.82 Å². The van der Waals surface area contributed by atoms with E-state index in [2.05, 4.69) is 56.4 Å². The molecule has 9 nitrogen and oxygen atoms in total. The van der Waals surface area contributed by atoms with Gasteiger partial charge in [0.15, 0.2) is 6.10 Å². The average molecular weight is 640 g/mol. The van der Waals surface area contributed by atoms with Crippen molar-refractivity contribution in [3.63, 3.8) is 0 Å². The first-order chi connectivity index (χ1) is 21.3. The van der Waals surface area contributed by atoms with Gasteiger partial charge in [-0.25, -0.2) is 4.57 Å². The number of allylic oxidation sites excluding steroid dienone is 9. The number of hydrogen-bond donors (Lipinski definition) is 2. The lowest BCUT2D eigenvalue weighted by Gasteiger charge is -2.19. The highest BCUT2D eigenvalue weighted by molar-refractivity contribution is 7.47. The van der Waals surface area contributed by atoms with Gasteiger partial charge in [0.25, 0.3) is 0 Å². The van der Waals surface area contributed by atoms with E-state index < -0.39 is 32.5 Å². The van der Waals surface area contributed by atoms with Gasteiger partial charge in [0, 0.05) is 13.0 Å². The topological polar surface area (TPSA) is 134 Å². The molecule has 0 aliphatic heterocycles. The van der Waals surface area contributed by atoms with E-state index in [1.807, 2.05) is 12.2 Å². The Hall–Kier alpha value is -2.29. The number of hydrogen-bond acceptors (Lipinski definition) is 8. The quantitative estimate of drug-likeness (QED) is 0.0359. The van der Waals surface area contributed by atoms with E-state index in [0.29, 0.717) is 6.42 Å². The summed E-state index contributed by atoms with van der Waals surface area (Å²) < 4.78 is 32.3. The van der Waals surface area contributed by atoms with E-state index in [1.165, 1.54) is 25.7 Å². The minimum Gasteiger partial charge on any atom is -0.462 e. The summed E-state index contributed by atoms with van der Waals surface area (Å²) in [7, 11) is -4.39. The molecular weight excluding hydrogens is 581 g/mol. The maximum atomic E-state index is 12.4. The molecule has 0 rings (SSSR count). The van der Waals surface area contributed by atoms with E-state index in [-0.39, 0.29) is 32.6 Å². The van der Waals surface area contributed by atoms with Gasteiger partial charge in [-0.15, -0.1) is 0 Å². The standard InChI is InChI=1S/C34H58NO8P/c1-3-5-7-9-11-13-14-15-16-17-18-19-21-23-25-27-34(37)43-32(31-42-44(38,39)41-29-28-35)30-40-33(36)26-24-22-20-12-10-8-6-4-2/h5,7,11,13,15-16,18-19,23,25,32H,3-4,6,8-10,12,14,17,20-22,24,26-31,35H2,1-2H3,(H,38,39)/b7-5-,13-11-,16-15-,19-18-,25-23-. The molecule has 44 heavy (non-hydrogen) atoms. The molecule has 10 heteroatoms. The number of ether oxygens (including phenoxy) is 2. The van der Waals surface area contributed by atoms with Crippen molar-refractivity contribution in [1.82, 2.24) is 0 Å². The highest BCUT2D eigenvalue weighted by Crippen LogP contribution is 2.43. The summed E-state index contributed by atoms with van der Waals surface area (Å²) in [4.78, 5) is 34.4. The first-order valence-electron chi connectivity index (χ1n) is 16.3. The predicted octanol–water partition coefficient (Wildman–Crippen LogP) is 8.21. The fourth-order valence-electron chi connectivity index (χ4n) is 3.82. The normalized spacial score (nSPS) is 14.4. The van der Waals surface area contributed by atoms with Crippen molar-refractivity contribution in [3.05, 3.63) is 60.8 Å². The summed E-state index contributed by atoms with van der Waals surface area (Å²) in [5.41, 5.74) is 5.30. The van der Waals surface area contributed by atoms with Crippen LogP contribution in [-0.2, 0) is 32.7 Å². The minimum absolute atomic E-state index is 0.00329. The van der Waals surface area contributed by atoms with Crippen LogP contribution in [0.15, 0.2) is 60.8 Å². The van der Waals surface area contributed by atoms with Crippen LogP contribution < -0.4 is 5.73 Å². The van der Waals surface area contributed by atoms with Crippen LogP contribution in [0.1, 0.15) is 110 Å². The number of rotatable bonds is 29. The van der Waals surface area contributed by atoms with Crippen molar-refractivity contribution in [3.8, 4) is 0 Å². The molecule has 0 aromatic carbocycles. The smallest absolute Gasteiger partial charge is 0.462 e. The van der Waals surface area contributed by atoms with Crippen molar-refractivity contribution in [1.29, 1.82) is 0 Å². The van der Waals surface area contributed by atoms with Gasteiger partial charge in [-0.1, -0.05) is 120 Å². The largest absolute Gasteiger partial charge is 0.472 e. The van der Waals surface area contributed by atoms with Crippen molar-refractivity contribution in [2.75, 3.05) is 26.4 Å². The Bertz CT molecular complexity index is 913. The summed E-state index contributed by atoms with van der Waals surface area (Å²) in [6, 6.07) is 0. The maximum absolute atomic E-state index is 12.4. The second-order valence-corrected chi connectivity index (χ2v) is 11.8. The molecule has 2 unspecified atom stereocenters. The number of carbonyl (C=O) groups excluding carboxylic acids is 2. The van der Waals surface area contributed by atoms with E-state index in [1.54, 1.807) is 6.08 Å². The molecule has 2 atom stereocenters. The monoisotopic (exact) mass is 639 g/mol. The fourth-order valence-corrected chi connectivity index (χ4v) is 4.59. The Labute approximate surface area is 266 Å². The molecule has 0 bridgehead atoms. The number of nitrogens with two attached hydrogens (primary N) is 1. The summed E-state index contributed by atoms with van der Waals surface area (Å²) in [6.45, 7) is 3.42. The van der Waals surface area contributed by atoms with Crippen LogP contribution in [0.2, 0.25) is 0 Å². The Morgan fingerprint density at radius 2 is 1.23 bits per heavy atom. The molecule has 0 fully saturated rings. The summed E-state index contributed by atoms with van der Waals surface area (Å²) >= 11 is 0. The third-order valence-electron chi connectivity index (χ3n) is 6.20. The van der Waals surface area contributed by atoms with Gasteiger partial charge in [0.05, 0.1) is 19.6 Å². The first kappa shape index (κ1) is 41.7. The lowest BCUT2D eigenvalue weighted by atomic mass is 10.1. The molecule has 0 heterocycles. The lowest BCUT2D eigenvalue weighted by Crippen LogP contribution is -2.29. The van der Waals surface area contributed by atoms with Crippen molar-refractivity contribution in [2.45, 2.75) is 116 Å². The molecule has 0 saturated carbocycles. The van der Waals surface area contributed by atoms with Crippen molar-refractivity contribution < 1.29 is 37.6 Å². The lowest BCUT2D eigenvalue weighted by molar-refractivity contribution is -0.160. The van der Waals surface area contributed by atoms with Crippen LogP contribution in [0.3, 0.4) is 0 Å². The van der Waals surface area contributed by atoms with E-state index in [4.69, 9.17) is 24.3 Å². The third-order valence-corrected chi connectivity index (χ3v) is 7.19. The van der Waals surface area contributed by atoms with Crippen LogP contribution in [0.25, 0.3) is 0 Å². The molecule has 0 aliphatic rings. The zero-order valence-corrected chi connectivity index (χ0v) is 28.0. The molecule has 252 valence electrons. The molecule has 0 amide bonds. The zero-order chi connectivity index (χ0) is 32.6. The van der Waals surface area contributed by atoms with Crippen LogP contribution in [0.4, 0.5) is 0 Å². The van der Waals surface area contributed by atoms with Gasteiger partial charge < -0.3 is 20.1 Å². The SMILES string of the molecule is CC/C=C\C/C=C\C/C=C\C/C=C\C/C=C\CC(=O)OC(COC(=O)CCCCCCCCCC)COP(=O)(O)OCCN. The second-order valence-electron chi connectivity index (χ2n) is 10.3. The molecule has 3 N–H and O–H groups in total. The molecule has 0 aliphatic carbocycles. The van der Waals surface area contributed by atoms with E-state index in [9.17, 15) is 19.0 Å². The van der Waals surface area contributed by atoms with Crippen LogP contribution in [0.5, 0.6) is 0 Å². The highest BCUT2D eigenvalue weighted by atomic mass is 31.2. The molecule has 0 radical (unpaired) electrons. The van der Waals surface area contributed by atoms with E-state index >= 15 is 0 Å². The van der Waals surface area contributed by atoms with Gasteiger partial charge in [-0.2, -0.15) is 0 Å². The number of carbonyl (C=O) groups is 2. The summed E-state index contributed by atoms with van der Waals surface area (Å²) in [6.07, 6.45) is 33.0. The molecule has 0 spiro atoms. The number of unbranched alkanes of at least 4 members (excludes halogenated alkanes) is 7. The molecule has 0 saturated heterocycles. The first-order valence-corrected chi connectivity index (χ1v) is 17.8. The Kier molecular flexibility index (Phi) is 29.1. The van der Waals surface area contributed by atoms with Gasteiger partial charge in [-0.3, -0.25) is 18.6 Å². The highest BCUT2D eigenvalue weighted by Gasteiger charge is 2.25. The van der Waals surface area contributed by atoms with Gasteiger partial charge >= 0.3 is 19.8 Å². The predicted molar refractivity (Wildman–Crippen MR) is 178 cm³/mol.